The number of thioether (sulfide) groups is 1. The predicted molar refractivity (Wildman–Crippen MR) is 89.9 cm³/mol. The zero-order valence-corrected chi connectivity index (χ0v) is 13.7. The Morgan fingerprint density at radius 3 is 2.68 bits per heavy atom. The zero-order chi connectivity index (χ0) is 15.9. The molecule has 0 aliphatic carbocycles. The summed E-state index contributed by atoms with van der Waals surface area (Å²) in [6, 6.07) is 9.32. The molecule has 0 saturated carbocycles. The first-order chi connectivity index (χ1) is 10.6. The Morgan fingerprint density at radius 2 is 2.05 bits per heavy atom. The molecule has 0 aliphatic heterocycles. The van der Waals surface area contributed by atoms with Crippen LogP contribution in [-0.4, -0.2) is 33.5 Å². The lowest BCUT2D eigenvalue weighted by Gasteiger charge is -2.04. The minimum Gasteiger partial charge on any atom is -0.477 e. The molecule has 0 fully saturated rings. The minimum absolute atomic E-state index is 0.0438. The predicted octanol–water partition coefficient (Wildman–Crippen LogP) is 3.06. The van der Waals surface area contributed by atoms with Gasteiger partial charge in [0.15, 0.2) is 0 Å². The lowest BCUT2D eigenvalue weighted by Crippen LogP contribution is -2.14. The standard InChI is InChI=1S/C15H16N2O3S2/c1-10-14(15(19)20)22-13(16-10)7-8-21-9-12(18)17-11-5-3-2-4-6-11/h2-6H,7-9H2,1H3,(H,17,18)(H,19,20). The number of benzene rings is 1. The number of hydrogen-bond acceptors (Lipinski definition) is 5. The number of aromatic nitrogens is 1. The van der Waals surface area contributed by atoms with E-state index in [0.717, 1.165) is 16.4 Å². The van der Waals surface area contributed by atoms with Crippen molar-refractivity contribution in [1.29, 1.82) is 0 Å². The van der Waals surface area contributed by atoms with Crippen LogP contribution in [-0.2, 0) is 11.2 Å². The number of anilines is 1. The Labute approximate surface area is 136 Å². The normalized spacial score (nSPS) is 10.4. The molecule has 1 amide bonds. The van der Waals surface area contributed by atoms with Crippen molar-refractivity contribution in [2.45, 2.75) is 13.3 Å². The van der Waals surface area contributed by atoms with Crippen molar-refractivity contribution >= 4 is 40.7 Å². The number of aryl methyl sites for hydroxylation is 2. The summed E-state index contributed by atoms with van der Waals surface area (Å²) >= 11 is 2.71. The fourth-order valence-corrected chi connectivity index (χ4v) is 3.57. The third-order valence-electron chi connectivity index (χ3n) is 2.79. The monoisotopic (exact) mass is 336 g/mol. The van der Waals surface area contributed by atoms with Gasteiger partial charge in [0.2, 0.25) is 5.91 Å². The molecule has 7 heteroatoms. The third kappa shape index (κ3) is 4.85. The SMILES string of the molecule is Cc1nc(CCSCC(=O)Nc2ccccc2)sc1C(=O)O. The molecule has 116 valence electrons. The number of aromatic carboxylic acids is 1. The minimum atomic E-state index is -0.934. The van der Waals surface area contributed by atoms with Crippen LogP contribution >= 0.6 is 23.1 Å². The zero-order valence-electron chi connectivity index (χ0n) is 12.0. The topological polar surface area (TPSA) is 79.3 Å². The molecule has 0 saturated heterocycles. The number of para-hydroxylation sites is 1. The number of rotatable bonds is 7. The molecule has 2 rings (SSSR count). The number of carbonyl (C=O) groups excluding carboxylic acids is 1. The molecule has 22 heavy (non-hydrogen) atoms. The number of carboxylic acid groups (broad SMARTS) is 1. The van der Waals surface area contributed by atoms with E-state index in [1.165, 1.54) is 23.1 Å². The van der Waals surface area contributed by atoms with Crippen molar-refractivity contribution in [1.82, 2.24) is 4.98 Å². The molecule has 2 N–H and O–H groups in total. The molecule has 1 aromatic heterocycles. The number of nitrogens with zero attached hydrogens (tertiary/aromatic N) is 1. The summed E-state index contributed by atoms with van der Waals surface area (Å²) in [4.78, 5) is 27.2. The molecule has 0 aliphatic rings. The summed E-state index contributed by atoms with van der Waals surface area (Å²) in [5.41, 5.74) is 1.34. The Balaban J connectivity index is 1.72. The van der Waals surface area contributed by atoms with E-state index in [2.05, 4.69) is 10.3 Å². The van der Waals surface area contributed by atoms with Gasteiger partial charge in [-0.2, -0.15) is 11.8 Å². The van der Waals surface area contributed by atoms with Crippen LogP contribution in [0, 0.1) is 6.92 Å². The number of amides is 1. The van der Waals surface area contributed by atoms with Crippen molar-refractivity contribution in [2.75, 3.05) is 16.8 Å². The Morgan fingerprint density at radius 1 is 1.32 bits per heavy atom. The van der Waals surface area contributed by atoms with E-state index < -0.39 is 5.97 Å². The van der Waals surface area contributed by atoms with Gasteiger partial charge in [-0.05, 0) is 19.1 Å². The van der Waals surface area contributed by atoms with Gasteiger partial charge in [-0.1, -0.05) is 18.2 Å². The maximum absolute atomic E-state index is 11.7. The van der Waals surface area contributed by atoms with Gasteiger partial charge in [-0.3, -0.25) is 4.79 Å². The van der Waals surface area contributed by atoms with E-state index in [4.69, 9.17) is 5.11 Å². The molecule has 0 bridgehead atoms. The summed E-state index contributed by atoms with van der Waals surface area (Å²) in [6.45, 7) is 1.70. The second-order valence-corrected chi connectivity index (χ2v) is 6.73. The maximum Gasteiger partial charge on any atom is 0.347 e. The van der Waals surface area contributed by atoms with E-state index >= 15 is 0 Å². The van der Waals surface area contributed by atoms with Gasteiger partial charge >= 0.3 is 5.97 Å². The largest absolute Gasteiger partial charge is 0.477 e. The maximum atomic E-state index is 11.7. The van der Waals surface area contributed by atoms with Gasteiger partial charge < -0.3 is 10.4 Å². The first-order valence-electron chi connectivity index (χ1n) is 6.68. The average molecular weight is 336 g/mol. The van der Waals surface area contributed by atoms with E-state index in [1.807, 2.05) is 30.3 Å². The molecule has 5 nitrogen and oxygen atoms in total. The molecule has 0 unspecified atom stereocenters. The molecule has 0 radical (unpaired) electrons. The molecular weight excluding hydrogens is 320 g/mol. The van der Waals surface area contributed by atoms with E-state index in [-0.39, 0.29) is 5.91 Å². The van der Waals surface area contributed by atoms with Crippen molar-refractivity contribution in [3.63, 3.8) is 0 Å². The molecule has 2 aromatic rings. The van der Waals surface area contributed by atoms with E-state index in [1.54, 1.807) is 6.92 Å². The average Bonchev–Trinajstić information content (AvgIpc) is 2.86. The lowest BCUT2D eigenvalue weighted by molar-refractivity contribution is -0.113. The first-order valence-corrected chi connectivity index (χ1v) is 8.65. The molecular formula is C15H16N2O3S2. The molecule has 0 spiro atoms. The van der Waals surface area contributed by atoms with Crippen molar-refractivity contribution in [2.24, 2.45) is 0 Å². The number of carboxylic acids is 1. The number of hydrogen-bond donors (Lipinski definition) is 2. The summed E-state index contributed by atoms with van der Waals surface area (Å²) < 4.78 is 0. The van der Waals surface area contributed by atoms with Gasteiger partial charge in [0.25, 0.3) is 0 Å². The second kappa shape index (κ2) is 7.95. The van der Waals surface area contributed by atoms with Gasteiger partial charge in [0.1, 0.15) is 4.88 Å². The third-order valence-corrected chi connectivity index (χ3v) is 4.95. The van der Waals surface area contributed by atoms with Crippen LogP contribution in [0.5, 0.6) is 0 Å². The van der Waals surface area contributed by atoms with E-state index in [9.17, 15) is 9.59 Å². The van der Waals surface area contributed by atoms with Crippen LogP contribution in [0.15, 0.2) is 30.3 Å². The van der Waals surface area contributed by atoms with Crippen LogP contribution in [0.3, 0.4) is 0 Å². The summed E-state index contributed by atoms with van der Waals surface area (Å²) in [6.07, 6.45) is 0.669. The Bertz CT molecular complexity index is 656. The lowest BCUT2D eigenvalue weighted by atomic mass is 10.3. The first kappa shape index (κ1) is 16.5. The highest BCUT2D eigenvalue weighted by Crippen LogP contribution is 2.19. The quantitative estimate of drug-likeness (QED) is 0.760. The van der Waals surface area contributed by atoms with Gasteiger partial charge in [0.05, 0.1) is 16.5 Å². The fourth-order valence-electron chi connectivity index (χ4n) is 1.80. The highest BCUT2D eigenvalue weighted by atomic mass is 32.2. The van der Waals surface area contributed by atoms with Crippen LogP contribution in [0.2, 0.25) is 0 Å². The number of thiazole rings is 1. The van der Waals surface area contributed by atoms with Crippen molar-refractivity contribution < 1.29 is 14.7 Å². The van der Waals surface area contributed by atoms with Gasteiger partial charge in [-0.15, -0.1) is 11.3 Å². The summed E-state index contributed by atoms with van der Waals surface area (Å²) in [7, 11) is 0. The molecule has 1 heterocycles. The van der Waals surface area contributed by atoms with Crippen LogP contribution in [0.4, 0.5) is 5.69 Å². The second-order valence-electron chi connectivity index (χ2n) is 4.54. The van der Waals surface area contributed by atoms with Crippen LogP contribution < -0.4 is 5.32 Å². The van der Waals surface area contributed by atoms with Crippen molar-refractivity contribution in [3.8, 4) is 0 Å². The summed E-state index contributed by atoms with van der Waals surface area (Å²) in [5, 5.41) is 12.6. The van der Waals surface area contributed by atoms with Crippen LogP contribution in [0.25, 0.3) is 0 Å². The highest BCUT2D eigenvalue weighted by Gasteiger charge is 2.13. The number of carbonyl (C=O) groups is 2. The van der Waals surface area contributed by atoms with Crippen molar-refractivity contribution in [3.05, 3.63) is 45.9 Å². The number of nitrogens with one attached hydrogen (secondary N) is 1. The highest BCUT2D eigenvalue weighted by molar-refractivity contribution is 7.99. The van der Waals surface area contributed by atoms with Crippen LogP contribution in [0.1, 0.15) is 20.4 Å². The molecule has 0 atom stereocenters. The Kier molecular flexibility index (Phi) is 5.97. The smallest absolute Gasteiger partial charge is 0.347 e. The summed E-state index contributed by atoms with van der Waals surface area (Å²) in [5.74, 6) is 0.119. The van der Waals surface area contributed by atoms with E-state index in [0.29, 0.717) is 22.7 Å². The fraction of sp³-hybridized carbons (Fsp3) is 0.267. The van der Waals surface area contributed by atoms with Gasteiger partial charge in [-0.25, -0.2) is 9.78 Å². The Hall–Kier alpha value is -1.86. The van der Waals surface area contributed by atoms with Gasteiger partial charge in [0, 0.05) is 17.9 Å². The molecule has 1 aromatic carbocycles.